The molecule has 0 saturated heterocycles. The topological polar surface area (TPSA) is 85.8 Å². The Kier molecular flexibility index (Phi) is 9.94. The van der Waals surface area contributed by atoms with Gasteiger partial charge in [0.05, 0.1) is 5.75 Å². The van der Waals surface area contributed by atoms with Crippen molar-refractivity contribution in [3.05, 3.63) is 30.3 Å². The highest BCUT2D eigenvalue weighted by atomic mass is 32.2. The third-order valence-electron chi connectivity index (χ3n) is 3.74. The van der Waals surface area contributed by atoms with Crippen LogP contribution in [0.25, 0.3) is 0 Å². The second-order valence-electron chi connectivity index (χ2n) is 5.49. The van der Waals surface area contributed by atoms with Crippen LogP contribution in [-0.4, -0.2) is 59.9 Å². The lowest BCUT2D eigenvalue weighted by Crippen LogP contribution is -2.42. The van der Waals surface area contributed by atoms with Gasteiger partial charge in [-0.2, -0.15) is 0 Å². The van der Waals surface area contributed by atoms with E-state index in [0.717, 1.165) is 26.1 Å². The van der Waals surface area contributed by atoms with Gasteiger partial charge in [0.15, 0.2) is 5.96 Å². The zero-order valence-electron chi connectivity index (χ0n) is 15.5. The number of aliphatic imine (C=N–C) groups is 1. The van der Waals surface area contributed by atoms with E-state index in [4.69, 9.17) is 0 Å². The minimum atomic E-state index is -3.14. The van der Waals surface area contributed by atoms with Gasteiger partial charge in [-0.3, -0.25) is 4.99 Å². The minimum absolute atomic E-state index is 0.0926. The summed E-state index contributed by atoms with van der Waals surface area (Å²) in [5.41, 5.74) is 1.23. The largest absolute Gasteiger partial charge is 0.372 e. The Labute approximate surface area is 152 Å². The third kappa shape index (κ3) is 8.74. The maximum atomic E-state index is 11.3. The van der Waals surface area contributed by atoms with Crippen LogP contribution in [0.15, 0.2) is 35.3 Å². The Balaban J connectivity index is 2.24. The molecule has 0 amide bonds. The number of rotatable bonds is 11. The predicted molar refractivity (Wildman–Crippen MR) is 106 cm³/mol. The Bertz CT molecular complexity index is 605. The molecule has 0 aromatic heterocycles. The van der Waals surface area contributed by atoms with Crippen molar-refractivity contribution in [1.29, 1.82) is 0 Å². The fourth-order valence-corrected chi connectivity index (χ4v) is 2.91. The molecule has 1 aromatic rings. The van der Waals surface area contributed by atoms with E-state index < -0.39 is 10.0 Å². The number of guanidine groups is 1. The number of para-hydroxylation sites is 1. The smallest absolute Gasteiger partial charge is 0.211 e. The van der Waals surface area contributed by atoms with Crippen molar-refractivity contribution in [2.75, 3.05) is 50.4 Å². The average molecular weight is 370 g/mol. The molecule has 0 radical (unpaired) electrons. The van der Waals surface area contributed by atoms with Gasteiger partial charge in [-0.15, -0.1) is 0 Å². The number of nitrogens with zero attached hydrogens (tertiary/aromatic N) is 2. The van der Waals surface area contributed by atoms with E-state index in [1.165, 1.54) is 5.69 Å². The fourth-order valence-electron chi connectivity index (χ4n) is 2.30. The predicted octanol–water partition coefficient (Wildman–Crippen LogP) is 1.01. The van der Waals surface area contributed by atoms with E-state index in [0.29, 0.717) is 19.0 Å². The van der Waals surface area contributed by atoms with Crippen LogP contribution in [0.2, 0.25) is 0 Å². The van der Waals surface area contributed by atoms with E-state index in [1.54, 1.807) is 14.0 Å². The van der Waals surface area contributed by atoms with Gasteiger partial charge in [0.25, 0.3) is 0 Å². The molecule has 25 heavy (non-hydrogen) atoms. The molecule has 142 valence electrons. The second kappa shape index (κ2) is 11.7. The molecule has 0 saturated carbocycles. The van der Waals surface area contributed by atoms with Crippen molar-refractivity contribution in [2.45, 2.75) is 20.3 Å². The zero-order chi connectivity index (χ0) is 18.5. The summed E-state index contributed by atoms with van der Waals surface area (Å²) >= 11 is 0. The summed E-state index contributed by atoms with van der Waals surface area (Å²) < 4.78 is 25.2. The molecule has 0 aliphatic carbocycles. The molecule has 8 heteroatoms. The van der Waals surface area contributed by atoms with Gasteiger partial charge >= 0.3 is 0 Å². The molecule has 1 aromatic carbocycles. The average Bonchev–Trinajstić information content (AvgIpc) is 2.64. The lowest BCUT2D eigenvalue weighted by molar-refractivity contribution is 0.581. The molecule has 0 atom stereocenters. The quantitative estimate of drug-likeness (QED) is 0.308. The molecule has 0 heterocycles. The van der Waals surface area contributed by atoms with Crippen LogP contribution < -0.4 is 20.3 Å². The van der Waals surface area contributed by atoms with Crippen LogP contribution in [0.3, 0.4) is 0 Å². The van der Waals surface area contributed by atoms with Crippen molar-refractivity contribution in [3.63, 3.8) is 0 Å². The van der Waals surface area contributed by atoms with E-state index in [9.17, 15) is 8.42 Å². The van der Waals surface area contributed by atoms with Crippen LogP contribution in [-0.2, 0) is 10.0 Å². The van der Waals surface area contributed by atoms with Gasteiger partial charge in [-0.25, -0.2) is 13.1 Å². The normalized spacial score (nSPS) is 12.0. The van der Waals surface area contributed by atoms with Crippen molar-refractivity contribution < 1.29 is 8.42 Å². The van der Waals surface area contributed by atoms with E-state index >= 15 is 0 Å². The van der Waals surface area contributed by atoms with Crippen LogP contribution in [0.5, 0.6) is 0 Å². The maximum Gasteiger partial charge on any atom is 0.211 e. The van der Waals surface area contributed by atoms with Crippen LogP contribution in [0.1, 0.15) is 20.3 Å². The van der Waals surface area contributed by atoms with Crippen LogP contribution in [0.4, 0.5) is 5.69 Å². The first-order valence-electron chi connectivity index (χ1n) is 8.74. The first-order valence-corrected chi connectivity index (χ1v) is 10.4. The van der Waals surface area contributed by atoms with Gasteiger partial charge in [-0.05, 0) is 32.4 Å². The van der Waals surface area contributed by atoms with Crippen molar-refractivity contribution in [2.24, 2.45) is 4.99 Å². The maximum absolute atomic E-state index is 11.3. The number of hydrogen-bond donors (Lipinski definition) is 3. The number of anilines is 1. The summed E-state index contributed by atoms with van der Waals surface area (Å²) in [6.07, 6.45) is 0.978. The summed E-state index contributed by atoms with van der Waals surface area (Å²) in [5, 5.41) is 6.35. The Morgan fingerprint density at radius 3 is 2.36 bits per heavy atom. The van der Waals surface area contributed by atoms with Crippen LogP contribution >= 0.6 is 0 Å². The lowest BCUT2D eigenvalue weighted by atomic mass is 10.2. The number of sulfonamides is 1. The molecule has 0 fully saturated rings. The van der Waals surface area contributed by atoms with Crippen LogP contribution in [0, 0.1) is 0 Å². The molecule has 0 spiro atoms. The molecule has 1 rings (SSSR count). The van der Waals surface area contributed by atoms with E-state index in [-0.39, 0.29) is 5.75 Å². The number of hydrogen-bond acceptors (Lipinski definition) is 4. The Hall–Kier alpha value is -1.80. The number of nitrogens with one attached hydrogen (secondary N) is 3. The first-order chi connectivity index (χ1) is 12.0. The van der Waals surface area contributed by atoms with Gasteiger partial charge < -0.3 is 15.5 Å². The first kappa shape index (κ1) is 21.2. The van der Waals surface area contributed by atoms with E-state index in [1.807, 2.05) is 6.07 Å². The number of benzene rings is 1. The standard InChI is InChI=1S/C17H31N5O2S/c1-4-22(16-10-7-6-8-11-16)15-9-12-19-17(18-3)20-13-14-21-25(23,24)5-2/h6-8,10-11,21H,4-5,9,12-15H2,1-3H3,(H2,18,19,20). The molecule has 0 unspecified atom stereocenters. The van der Waals surface area contributed by atoms with E-state index in [2.05, 4.69) is 56.4 Å². The van der Waals surface area contributed by atoms with Crippen molar-refractivity contribution >= 4 is 21.7 Å². The van der Waals surface area contributed by atoms with Gasteiger partial charge in [0.1, 0.15) is 0 Å². The summed E-state index contributed by atoms with van der Waals surface area (Å²) in [5.74, 6) is 0.772. The fraction of sp³-hybridized carbons (Fsp3) is 0.588. The zero-order valence-corrected chi connectivity index (χ0v) is 16.3. The highest BCUT2D eigenvalue weighted by molar-refractivity contribution is 7.89. The highest BCUT2D eigenvalue weighted by Gasteiger charge is 2.05. The monoisotopic (exact) mass is 369 g/mol. The molecular formula is C17H31N5O2S. The molecule has 0 aliphatic rings. The molecular weight excluding hydrogens is 338 g/mol. The molecule has 0 aliphatic heterocycles. The van der Waals surface area contributed by atoms with Crippen molar-refractivity contribution in [3.8, 4) is 0 Å². The summed E-state index contributed by atoms with van der Waals surface area (Å²) in [6.45, 7) is 7.32. The molecule has 0 bridgehead atoms. The molecule has 7 nitrogen and oxygen atoms in total. The summed E-state index contributed by atoms with van der Waals surface area (Å²) in [4.78, 5) is 6.47. The Morgan fingerprint density at radius 1 is 1.08 bits per heavy atom. The van der Waals surface area contributed by atoms with Gasteiger partial charge in [0.2, 0.25) is 10.0 Å². The second-order valence-corrected chi connectivity index (χ2v) is 7.59. The van der Waals surface area contributed by atoms with Gasteiger partial charge in [-0.1, -0.05) is 18.2 Å². The third-order valence-corrected chi connectivity index (χ3v) is 5.15. The minimum Gasteiger partial charge on any atom is -0.372 e. The summed E-state index contributed by atoms with van der Waals surface area (Å²) in [7, 11) is -1.44. The van der Waals surface area contributed by atoms with Gasteiger partial charge in [0, 0.05) is 45.5 Å². The molecule has 3 N–H and O–H groups in total. The summed E-state index contributed by atoms with van der Waals surface area (Å²) in [6, 6.07) is 10.4. The van der Waals surface area contributed by atoms with Crippen molar-refractivity contribution in [1.82, 2.24) is 15.4 Å². The highest BCUT2D eigenvalue weighted by Crippen LogP contribution is 2.12. The SMILES string of the molecule is CCN(CCCNC(=NC)NCCNS(=O)(=O)CC)c1ccccc1. The lowest BCUT2D eigenvalue weighted by Gasteiger charge is -2.23. The Morgan fingerprint density at radius 2 is 1.76 bits per heavy atom.